The van der Waals surface area contributed by atoms with E-state index in [1.165, 1.54) is 6.07 Å². The highest BCUT2D eigenvalue weighted by Crippen LogP contribution is 2.24. The molecule has 0 fully saturated rings. The Morgan fingerprint density at radius 2 is 1.83 bits per heavy atom. The van der Waals surface area contributed by atoms with Crippen LogP contribution in [-0.2, 0) is 0 Å². The highest BCUT2D eigenvalue weighted by atomic mass is 35.5. The molecule has 0 saturated heterocycles. The first-order valence-electron chi connectivity index (χ1n) is 6.87. The largest absolute Gasteiger partial charge is 0.331 e. The van der Waals surface area contributed by atoms with Crippen LogP contribution >= 0.6 is 35.4 Å². The van der Waals surface area contributed by atoms with Crippen LogP contribution in [-0.4, -0.2) is 11.0 Å². The van der Waals surface area contributed by atoms with Crippen LogP contribution in [0.15, 0.2) is 30.3 Å². The minimum absolute atomic E-state index is 0.0362. The van der Waals surface area contributed by atoms with Crippen molar-refractivity contribution in [3.8, 4) is 0 Å². The number of rotatable bonds is 2. The molecule has 24 heavy (non-hydrogen) atoms. The van der Waals surface area contributed by atoms with Crippen molar-refractivity contribution in [1.29, 1.82) is 0 Å². The van der Waals surface area contributed by atoms with Gasteiger partial charge in [-0.2, -0.15) is 0 Å². The fraction of sp³-hybridized carbons (Fsp3) is 0.125. The van der Waals surface area contributed by atoms with E-state index in [2.05, 4.69) is 16.2 Å². The molecule has 2 rings (SSSR count). The smallest absolute Gasteiger partial charge is 0.271 e. The molecule has 0 aliphatic heterocycles. The summed E-state index contributed by atoms with van der Waals surface area (Å²) >= 11 is 16.6. The third kappa shape index (κ3) is 4.35. The van der Waals surface area contributed by atoms with Crippen LogP contribution in [0.5, 0.6) is 0 Å². The molecule has 4 nitrogen and oxygen atoms in total. The molecule has 8 heteroatoms. The lowest BCUT2D eigenvalue weighted by Crippen LogP contribution is -2.44. The summed E-state index contributed by atoms with van der Waals surface area (Å²) in [6, 6.07) is 7.87. The number of benzene rings is 2. The molecule has 126 valence electrons. The average molecular weight is 386 g/mol. The van der Waals surface area contributed by atoms with Crippen molar-refractivity contribution < 1.29 is 9.18 Å². The number of nitrogens with one attached hydrogen (secondary N) is 3. The molecule has 0 aromatic heterocycles. The van der Waals surface area contributed by atoms with Crippen molar-refractivity contribution in [1.82, 2.24) is 10.9 Å². The molecule has 0 heterocycles. The zero-order valence-corrected chi connectivity index (χ0v) is 15.2. The molecule has 1 amide bonds. The van der Waals surface area contributed by atoms with Gasteiger partial charge in [-0.05, 0) is 55.4 Å². The molecule has 3 N–H and O–H groups in total. The second kappa shape index (κ2) is 7.79. The van der Waals surface area contributed by atoms with Gasteiger partial charge in [0.1, 0.15) is 5.82 Å². The summed E-state index contributed by atoms with van der Waals surface area (Å²) < 4.78 is 13.5. The Balaban J connectivity index is 2.00. The van der Waals surface area contributed by atoms with Crippen molar-refractivity contribution in [2.45, 2.75) is 13.8 Å². The summed E-state index contributed by atoms with van der Waals surface area (Å²) in [4.78, 5) is 12.1. The topological polar surface area (TPSA) is 53.2 Å². The number of hydrogen-bond donors (Lipinski definition) is 3. The minimum atomic E-state index is -0.734. The quantitative estimate of drug-likeness (QED) is 0.407. The first-order chi connectivity index (χ1) is 11.3. The third-order valence-electron chi connectivity index (χ3n) is 3.40. The third-order valence-corrected chi connectivity index (χ3v) is 4.20. The molecule has 0 aliphatic carbocycles. The van der Waals surface area contributed by atoms with Gasteiger partial charge in [0, 0.05) is 5.69 Å². The zero-order chi connectivity index (χ0) is 17.9. The number of hydrogen-bond acceptors (Lipinski definition) is 2. The van der Waals surface area contributed by atoms with E-state index >= 15 is 0 Å². The van der Waals surface area contributed by atoms with Crippen LogP contribution in [0.1, 0.15) is 21.5 Å². The number of thiocarbonyl (C=S) groups is 1. The molecule has 0 aliphatic rings. The van der Waals surface area contributed by atoms with Crippen molar-refractivity contribution in [3.05, 3.63) is 62.9 Å². The number of carbonyl (C=O) groups is 1. The summed E-state index contributed by atoms with van der Waals surface area (Å²) in [7, 11) is 0. The van der Waals surface area contributed by atoms with E-state index < -0.39 is 11.7 Å². The molecule has 0 unspecified atom stereocenters. The van der Waals surface area contributed by atoms with Crippen molar-refractivity contribution in [3.63, 3.8) is 0 Å². The predicted molar refractivity (Wildman–Crippen MR) is 99.2 cm³/mol. The highest BCUT2D eigenvalue weighted by Gasteiger charge is 2.14. The number of hydrazine groups is 1. The second-order valence-corrected chi connectivity index (χ2v) is 6.25. The van der Waals surface area contributed by atoms with E-state index in [-0.39, 0.29) is 20.7 Å². The maximum absolute atomic E-state index is 13.5. The van der Waals surface area contributed by atoms with Crippen LogP contribution < -0.4 is 16.2 Å². The molecular formula is C16H14Cl2FN3OS. The van der Waals surface area contributed by atoms with E-state index in [9.17, 15) is 9.18 Å². The lowest BCUT2D eigenvalue weighted by molar-refractivity contribution is 0.0944. The molecule has 0 bridgehead atoms. The molecule has 0 atom stereocenters. The molecule has 0 saturated carbocycles. The van der Waals surface area contributed by atoms with Gasteiger partial charge < -0.3 is 5.32 Å². The summed E-state index contributed by atoms with van der Waals surface area (Å²) in [5.74, 6) is -1.37. The van der Waals surface area contributed by atoms with E-state index in [0.29, 0.717) is 0 Å². The van der Waals surface area contributed by atoms with E-state index in [1.54, 1.807) is 0 Å². The monoisotopic (exact) mass is 385 g/mol. The van der Waals surface area contributed by atoms with Gasteiger partial charge in [0.05, 0.1) is 15.6 Å². The van der Waals surface area contributed by atoms with Crippen LogP contribution in [0.2, 0.25) is 10.0 Å². The Morgan fingerprint density at radius 3 is 2.54 bits per heavy atom. The lowest BCUT2D eigenvalue weighted by atomic mass is 10.1. The standard InChI is InChI=1S/C16H14Cl2FN3OS/c1-8-4-3-5-14(9(8)2)20-16(24)22-21-15(23)10-6-13(19)12(18)7-11(10)17/h3-7H,1-2H3,(H,21,23)(H2,20,22,24). The summed E-state index contributed by atoms with van der Waals surface area (Å²) in [5, 5.41) is 3.03. The summed E-state index contributed by atoms with van der Waals surface area (Å²) in [6.45, 7) is 3.94. The van der Waals surface area contributed by atoms with Crippen LogP contribution in [0, 0.1) is 19.7 Å². The molecule has 2 aromatic rings. The summed E-state index contributed by atoms with van der Waals surface area (Å²) in [5.41, 5.74) is 7.80. The zero-order valence-electron chi connectivity index (χ0n) is 12.8. The maximum Gasteiger partial charge on any atom is 0.271 e. The maximum atomic E-state index is 13.5. The fourth-order valence-corrected chi connectivity index (χ4v) is 2.55. The number of carbonyl (C=O) groups excluding carboxylic acids is 1. The minimum Gasteiger partial charge on any atom is -0.331 e. The Kier molecular flexibility index (Phi) is 5.99. The number of anilines is 1. The summed E-state index contributed by atoms with van der Waals surface area (Å²) in [6.07, 6.45) is 0. The van der Waals surface area contributed by atoms with E-state index in [4.69, 9.17) is 35.4 Å². The Morgan fingerprint density at radius 1 is 1.12 bits per heavy atom. The second-order valence-electron chi connectivity index (χ2n) is 5.03. The number of amides is 1. The van der Waals surface area contributed by atoms with E-state index in [0.717, 1.165) is 22.9 Å². The van der Waals surface area contributed by atoms with Gasteiger partial charge in [-0.25, -0.2) is 4.39 Å². The van der Waals surface area contributed by atoms with Gasteiger partial charge in [-0.3, -0.25) is 15.6 Å². The van der Waals surface area contributed by atoms with Crippen molar-refractivity contribution in [2.24, 2.45) is 0 Å². The number of aryl methyl sites for hydroxylation is 1. The van der Waals surface area contributed by atoms with Gasteiger partial charge in [-0.1, -0.05) is 35.3 Å². The van der Waals surface area contributed by atoms with Gasteiger partial charge in [0.2, 0.25) is 0 Å². The normalized spacial score (nSPS) is 10.2. The Bertz CT molecular complexity index is 814. The van der Waals surface area contributed by atoms with Gasteiger partial charge in [0.25, 0.3) is 5.91 Å². The van der Waals surface area contributed by atoms with Crippen molar-refractivity contribution in [2.75, 3.05) is 5.32 Å². The number of halogens is 3. The molecule has 0 radical (unpaired) electrons. The molecular weight excluding hydrogens is 372 g/mol. The van der Waals surface area contributed by atoms with Gasteiger partial charge >= 0.3 is 0 Å². The van der Waals surface area contributed by atoms with Crippen LogP contribution in [0.3, 0.4) is 0 Å². The highest BCUT2D eigenvalue weighted by molar-refractivity contribution is 7.80. The molecule has 2 aromatic carbocycles. The van der Waals surface area contributed by atoms with Gasteiger partial charge in [0.15, 0.2) is 5.11 Å². The van der Waals surface area contributed by atoms with Crippen LogP contribution in [0.25, 0.3) is 0 Å². The Hall–Kier alpha value is -1.89. The fourth-order valence-electron chi connectivity index (χ4n) is 1.92. The van der Waals surface area contributed by atoms with E-state index in [1.807, 2.05) is 32.0 Å². The predicted octanol–water partition coefficient (Wildman–Crippen LogP) is 4.38. The van der Waals surface area contributed by atoms with Crippen molar-refractivity contribution >= 4 is 52.1 Å². The Labute approximate surface area is 154 Å². The first-order valence-corrected chi connectivity index (χ1v) is 8.04. The molecule has 0 spiro atoms. The average Bonchev–Trinajstić information content (AvgIpc) is 2.53. The van der Waals surface area contributed by atoms with Gasteiger partial charge in [-0.15, -0.1) is 0 Å². The van der Waals surface area contributed by atoms with Crippen LogP contribution in [0.4, 0.5) is 10.1 Å². The first kappa shape index (κ1) is 18.4. The SMILES string of the molecule is Cc1cccc(NC(=S)NNC(=O)c2cc(F)c(Cl)cc2Cl)c1C. The lowest BCUT2D eigenvalue weighted by Gasteiger charge is -2.14.